The van der Waals surface area contributed by atoms with Crippen LogP contribution in [0.5, 0.6) is 5.88 Å². The Morgan fingerprint density at radius 2 is 2.19 bits per heavy atom. The third kappa shape index (κ3) is 3.64. The van der Waals surface area contributed by atoms with Crippen molar-refractivity contribution in [2.24, 2.45) is 0 Å². The van der Waals surface area contributed by atoms with Gasteiger partial charge in [-0.1, -0.05) is 0 Å². The molecule has 1 N–H and O–H groups in total. The summed E-state index contributed by atoms with van der Waals surface area (Å²) in [6.07, 6.45) is -3.20. The first kappa shape index (κ1) is 13.2. The molecule has 0 aliphatic rings. The molecule has 0 saturated heterocycles. The van der Waals surface area contributed by atoms with Crippen molar-refractivity contribution < 1.29 is 17.9 Å². The van der Waals surface area contributed by atoms with Crippen molar-refractivity contribution in [1.82, 2.24) is 10.3 Å². The minimum Gasteiger partial charge on any atom is -0.476 e. The molecule has 7 heteroatoms. The molecule has 0 amide bonds. The van der Waals surface area contributed by atoms with E-state index in [1.165, 1.54) is 6.20 Å². The van der Waals surface area contributed by atoms with Gasteiger partial charge in [0.05, 0.1) is 0 Å². The minimum atomic E-state index is -4.47. The van der Waals surface area contributed by atoms with Gasteiger partial charge >= 0.3 is 6.18 Å². The molecule has 0 fully saturated rings. The molecule has 0 aliphatic carbocycles. The van der Waals surface area contributed by atoms with Crippen LogP contribution in [0.3, 0.4) is 0 Å². The molecule has 0 unspecified atom stereocenters. The van der Waals surface area contributed by atoms with Crippen molar-refractivity contribution >= 4 is 15.9 Å². The van der Waals surface area contributed by atoms with E-state index in [1.807, 2.05) is 0 Å². The van der Waals surface area contributed by atoms with Crippen molar-refractivity contribution in [1.29, 1.82) is 0 Å². The van der Waals surface area contributed by atoms with E-state index < -0.39 is 17.6 Å². The topological polar surface area (TPSA) is 34.1 Å². The highest BCUT2D eigenvalue weighted by Crippen LogP contribution is 2.36. The van der Waals surface area contributed by atoms with Crippen LogP contribution < -0.4 is 10.1 Å². The summed E-state index contributed by atoms with van der Waals surface area (Å²) >= 11 is 2.94. The maximum absolute atomic E-state index is 12.6. The number of aromatic nitrogens is 1. The zero-order valence-electron chi connectivity index (χ0n) is 8.44. The lowest BCUT2D eigenvalue weighted by Crippen LogP contribution is -2.18. The second-order valence-electron chi connectivity index (χ2n) is 2.96. The van der Waals surface area contributed by atoms with Crippen LogP contribution in [0, 0.1) is 0 Å². The van der Waals surface area contributed by atoms with Crippen LogP contribution in [-0.4, -0.2) is 25.2 Å². The van der Waals surface area contributed by atoms with Gasteiger partial charge in [0.15, 0.2) is 0 Å². The number of likely N-dealkylation sites (N-methyl/N-ethyl adjacent to an activating group) is 1. The summed E-state index contributed by atoms with van der Waals surface area (Å²) in [6.45, 7) is 0.587. The number of hydrogen-bond donors (Lipinski definition) is 1. The monoisotopic (exact) mass is 298 g/mol. The van der Waals surface area contributed by atoms with Gasteiger partial charge in [-0.15, -0.1) is 0 Å². The van der Waals surface area contributed by atoms with E-state index in [1.54, 1.807) is 7.05 Å². The maximum atomic E-state index is 12.6. The van der Waals surface area contributed by atoms with Crippen LogP contribution in [0.15, 0.2) is 16.7 Å². The van der Waals surface area contributed by atoms with Gasteiger partial charge in [0, 0.05) is 17.2 Å². The average molecular weight is 299 g/mol. The van der Waals surface area contributed by atoms with Crippen molar-refractivity contribution in [2.75, 3.05) is 20.2 Å². The summed E-state index contributed by atoms with van der Waals surface area (Å²) in [5.41, 5.74) is -0.877. The third-order valence-corrected chi connectivity index (χ3v) is 2.15. The molecule has 90 valence electrons. The fraction of sp³-hybridized carbons (Fsp3) is 0.444. The zero-order valence-corrected chi connectivity index (χ0v) is 10.0. The first-order valence-electron chi connectivity index (χ1n) is 4.45. The highest BCUT2D eigenvalue weighted by Gasteiger charge is 2.35. The van der Waals surface area contributed by atoms with Crippen LogP contribution >= 0.6 is 15.9 Å². The summed E-state index contributed by atoms with van der Waals surface area (Å²) in [7, 11) is 1.68. The van der Waals surface area contributed by atoms with Crippen LogP contribution in [0.1, 0.15) is 5.56 Å². The number of nitrogens with one attached hydrogen (secondary N) is 1. The zero-order chi connectivity index (χ0) is 12.2. The first-order valence-corrected chi connectivity index (χ1v) is 5.24. The predicted octanol–water partition coefficient (Wildman–Crippen LogP) is 2.46. The van der Waals surface area contributed by atoms with Gasteiger partial charge in [0.25, 0.3) is 0 Å². The standard InChI is InChI=1S/C9H10BrF3N2O/c1-14-2-3-16-8-7(9(11,12)13)4-6(10)5-15-8/h4-5,14H,2-3H2,1H3. The van der Waals surface area contributed by atoms with Gasteiger partial charge in [-0.3, -0.25) is 0 Å². The molecular weight excluding hydrogens is 289 g/mol. The number of hydrogen-bond acceptors (Lipinski definition) is 3. The Labute approximate surface area is 99.1 Å². The second-order valence-corrected chi connectivity index (χ2v) is 3.87. The molecule has 0 spiro atoms. The number of pyridine rings is 1. The molecule has 1 aromatic heterocycles. The Hall–Kier alpha value is -0.820. The average Bonchev–Trinajstić information content (AvgIpc) is 2.19. The fourth-order valence-corrected chi connectivity index (χ4v) is 1.33. The van der Waals surface area contributed by atoms with Gasteiger partial charge in [-0.25, -0.2) is 4.98 Å². The van der Waals surface area contributed by atoms with Crippen molar-refractivity contribution in [3.63, 3.8) is 0 Å². The second kappa shape index (κ2) is 5.49. The quantitative estimate of drug-likeness (QED) is 0.867. The Balaban J connectivity index is 2.90. The van der Waals surface area contributed by atoms with E-state index in [2.05, 4.69) is 26.2 Å². The Bertz CT molecular complexity index is 357. The Morgan fingerprint density at radius 3 is 2.75 bits per heavy atom. The fourth-order valence-electron chi connectivity index (χ4n) is 0.995. The molecule has 0 bridgehead atoms. The number of ether oxygens (including phenoxy) is 1. The third-order valence-electron chi connectivity index (χ3n) is 1.71. The number of alkyl halides is 3. The van der Waals surface area contributed by atoms with Crippen LogP contribution in [0.2, 0.25) is 0 Å². The smallest absolute Gasteiger partial charge is 0.421 e. The maximum Gasteiger partial charge on any atom is 0.421 e. The molecule has 16 heavy (non-hydrogen) atoms. The van der Waals surface area contributed by atoms with E-state index in [9.17, 15) is 13.2 Å². The van der Waals surface area contributed by atoms with Crippen LogP contribution in [0.4, 0.5) is 13.2 Å². The van der Waals surface area contributed by atoms with Gasteiger partial charge in [0.1, 0.15) is 12.2 Å². The minimum absolute atomic E-state index is 0.133. The molecular formula is C9H10BrF3N2O. The Morgan fingerprint density at radius 1 is 1.50 bits per heavy atom. The summed E-state index contributed by atoms with van der Waals surface area (Å²) in [5, 5.41) is 2.76. The molecule has 0 atom stereocenters. The van der Waals surface area contributed by atoms with Gasteiger partial charge in [0.2, 0.25) is 5.88 Å². The highest BCUT2D eigenvalue weighted by atomic mass is 79.9. The number of nitrogens with zero attached hydrogens (tertiary/aromatic N) is 1. The van der Waals surface area contributed by atoms with E-state index >= 15 is 0 Å². The molecule has 3 nitrogen and oxygen atoms in total. The lowest BCUT2D eigenvalue weighted by Gasteiger charge is -2.12. The molecule has 1 heterocycles. The molecule has 1 aromatic rings. The summed E-state index contributed by atoms with van der Waals surface area (Å²) in [6, 6.07) is 0.946. The number of rotatable bonds is 4. The molecule has 0 radical (unpaired) electrons. The lowest BCUT2D eigenvalue weighted by molar-refractivity contribution is -0.139. The molecule has 1 rings (SSSR count). The van der Waals surface area contributed by atoms with Crippen molar-refractivity contribution in [3.8, 4) is 5.88 Å². The Kier molecular flexibility index (Phi) is 4.55. The van der Waals surface area contributed by atoms with E-state index in [4.69, 9.17) is 4.74 Å². The largest absolute Gasteiger partial charge is 0.476 e. The first-order chi connectivity index (χ1) is 7.45. The normalized spacial score (nSPS) is 11.6. The van der Waals surface area contributed by atoms with E-state index in [-0.39, 0.29) is 11.1 Å². The van der Waals surface area contributed by atoms with E-state index in [0.29, 0.717) is 6.54 Å². The summed E-state index contributed by atoms with van der Waals surface area (Å²) in [5.74, 6) is -0.397. The van der Waals surface area contributed by atoms with Crippen LogP contribution in [-0.2, 0) is 6.18 Å². The van der Waals surface area contributed by atoms with Crippen molar-refractivity contribution in [2.45, 2.75) is 6.18 Å². The van der Waals surface area contributed by atoms with Crippen LogP contribution in [0.25, 0.3) is 0 Å². The summed E-state index contributed by atoms with van der Waals surface area (Å²) in [4.78, 5) is 3.60. The van der Waals surface area contributed by atoms with Crippen molar-refractivity contribution in [3.05, 3.63) is 22.3 Å². The number of halogens is 4. The molecule has 0 aliphatic heterocycles. The van der Waals surface area contributed by atoms with Gasteiger partial charge < -0.3 is 10.1 Å². The lowest BCUT2D eigenvalue weighted by atomic mass is 10.2. The molecule has 0 saturated carbocycles. The molecule has 0 aromatic carbocycles. The SMILES string of the molecule is CNCCOc1ncc(Br)cc1C(F)(F)F. The van der Waals surface area contributed by atoms with E-state index in [0.717, 1.165) is 6.07 Å². The predicted molar refractivity (Wildman–Crippen MR) is 56.4 cm³/mol. The summed E-state index contributed by atoms with van der Waals surface area (Å²) < 4.78 is 43.0. The van der Waals surface area contributed by atoms with Gasteiger partial charge in [-0.2, -0.15) is 13.2 Å². The highest BCUT2D eigenvalue weighted by molar-refractivity contribution is 9.10. The van der Waals surface area contributed by atoms with Gasteiger partial charge in [-0.05, 0) is 29.0 Å².